The van der Waals surface area contributed by atoms with E-state index in [4.69, 9.17) is 0 Å². The zero-order valence-corrected chi connectivity index (χ0v) is 15.6. The van der Waals surface area contributed by atoms with Crippen molar-refractivity contribution in [2.24, 2.45) is 0 Å². The van der Waals surface area contributed by atoms with Gasteiger partial charge in [0.15, 0.2) is 5.13 Å². The number of halogens is 3. The molecule has 10 heteroatoms. The van der Waals surface area contributed by atoms with Gasteiger partial charge in [-0.2, -0.15) is 13.2 Å². The van der Waals surface area contributed by atoms with Gasteiger partial charge in [0.25, 0.3) is 5.91 Å². The minimum absolute atomic E-state index is 0.120. The number of nitrogens with zero attached hydrogens (tertiary/aromatic N) is 3. The molecule has 0 aliphatic heterocycles. The van der Waals surface area contributed by atoms with Crippen LogP contribution in [0.5, 0.6) is 0 Å². The fourth-order valence-corrected chi connectivity index (χ4v) is 2.75. The molecule has 1 N–H and O–H groups in total. The molecule has 0 saturated heterocycles. The lowest BCUT2D eigenvalue weighted by atomic mass is 10.1. The van der Waals surface area contributed by atoms with Crippen LogP contribution in [0.25, 0.3) is 0 Å². The molecule has 146 valence electrons. The summed E-state index contributed by atoms with van der Waals surface area (Å²) < 4.78 is 38.7. The Kier molecular flexibility index (Phi) is 6.92. The van der Waals surface area contributed by atoms with Gasteiger partial charge in [0, 0.05) is 30.2 Å². The van der Waals surface area contributed by atoms with Gasteiger partial charge in [-0.15, -0.1) is 11.3 Å². The Labute approximate surface area is 158 Å². The van der Waals surface area contributed by atoms with Gasteiger partial charge in [-0.3, -0.25) is 9.59 Å². The molecule has 0 bridgehead atoms. The lowest BCUT2D eigenvalue weighted by Crippen LogP contribution is -2.41. The summed E-state index contributed by atoms with van der Waals surface area (Å²) in [5.74, 6) is -1.11. The van der Waals surface area contributed by atoms with E-state index in [1.54, 1.807) is 19.5 Å². The molecule has 0 fully saturated rings. The van der Waals surface area contributed by atoms with Crippen molar-refractivity contribution >= 4 is 28.3 Å². The summed E-state index contributed by atoms with van der Waals surface area (Å²) >= 11 is 1.23. The van der Waals surface area contributed by atoms with Gasteiger partial charge in [-0.05, 0) is 32.3 Å². The predicted molar refractivity (Wildman–Crippen MR) is 96.6 cm³/mol. The Bertz CT molecular complexity index is 779. The van der Waals surface area contributed by atoms with Crippen molar-refractivity contribution in [2.45, 2.75) is 6.18 Å². The van der Waals surface area contributed by atoms with Crippen LogP contribution in [0.15, 0.2) is 35.8 Å². The van der Waals surface area contributed by atoms with E-state index in [9.17, 15) is 22.8 Å². The molecule has 2 rings (SSSR count). The van der Waals surface area contributed by atoms with Gasteiger partial charge in [0.05, 0.1) is 5.56 Å². The smallest absolute Gasteiger partial charge is 0.328 e. The number of hydrogen-bond acceptors (Lipinski definition) is 5. The van der Waals surface area contributed by atoms with E-state index in [0.717, 1.165) is 12.1 Å². The molecule has 0 radical (unpaired) electrons. The highest BCUT2D eigenvalue weighted by Gasteiger charge is 2.31. The van der Waals surface area contributed by atoms with Crippen LogP contribution >= 0.6 is 11.3 Å². The maximum absolute atomic E-state index is 12.9. The number of carbonyl (C=O) groups excluding carboxylic acids is 2. The molecule has 2 amide bonds. The molecule has 0 unspecified atom stereocenters. The number of likely N-dealkylation sites (N-methyl/N-ethyl adjacent to an activating group) is 1. The van der Waals surface area contributed by atoms with Gasteiger partial charge in [0.2, 0.25) is 5.91 Å². The molecule has 0 aliphatic carbocycles. The van der Waals surface area contributed by atoms with Gasteiger partial charge in [-0.1, -0.05) is 6.07 Å². The summed E-state index contributed by atoms with van der Waals surface area (Å²) in [6.45, 7) is 0.352. The topological polar surface area (TPSA) is 65.5 Å². The quantitative estimate of drug-likeness (QED) is 0.776. The summed E-state index contributed by atoms with van der Waals surface area (Å²) in [7, 11) is 3.59. The van der Waals surface area contributed by atoms with Crippen LogP contribution in [0.1, 0.15) is 15.9 Å². The van der Waals surface area contributed by atoms with Gasteiger partial charge in [0.1, 0.15) is 6.54 Å². The summed E-state index contributed by atoms with van der Waals surface area (Å²) in [5.41, 5.74) is -1.03. The molecule has 1 heterocycles. The zero-order chi connectivity index (χ0) is 20.0. The molecule has 27 heavy (non-hydrogen) atoms. The number of thiazole rings is 1. The van der Waals surface area contributed by atoms with E-state index >= 15 is 0 Å². The van der Waals surface area contributed by atoms with E-state index < -0.39 is 23.6 Å². The highest BCUT2D eigenvalue weighted by atomic mass is 32.1. The predicted octanol–water partition coefficient (Wildman–Crippen LogP) is 2.80. The largest absolute Gasteiger partial charge is 0.416 e. The Morgan fingerprint density at radius 2 is 1.96 bits per heavy atom. The molecule has 0 saturated carbocycles. The average Bonchev–Trinajstić information content (AvgIpc) is 3.10. The summed E-state index contributed by atoms with van der Waals surface area (Å²) in [6, 6.07) is 4.18. The molecule has 0 atom stereocenters. The van der Waals surface area contributed by atoms with Crippen molar-refractivity contribution in [3.8, 4) is 0 Å². The van der Waals surface area contributed by atoms with Gasteiger partial charge < -0.3 is 15.1 Å². The molecule has 1 aromatic heterocycles. The van der Waals surface area contributed by atoms with Crippen LogP contribution < -0.4 is 5.32 Å². The molecule has 6 nitrogen and oxygen atoms in total. The Morgan fingerprint density at radius 1 is 1.22 bits per heavy atom. The van der Waals surface area contributed by atoms with Crippen LogP contribution in [0.3, 0.4) is 0 Å². The monoisotopic (exact) mass is 400 g/mol. The van der Waals surface area contributed by atoms with E-state index in [-0.39, 0.29) is 18.7 Å². The molecule has 2 aromatic rings. The second-order valence-electron chi connectivity index (χ2n) is 5.99. The summed E-state index contributed by atoms with van der Waals surface area (Å²) in [5, 5.41) is 4.64. The van der Waals surface area contributed by atoms with Gasteiger partial charge in [-0.25, -0.2) is 4.98 Å². The van der Waals surface area contributed by atoms with Crippen molar-refractivity contribution in [1.29, 1.82) is 0 Å². The van der Waals surface area contributed by atoms with Crippen molar-refractivity contribution in [1.82, 2.24) is 14.8 Å². The summed E-state index contributed by atoms with van der Waals surface area (Å²) in [6.07, 6.45) is -3.02. The third-order valence-corrected chi connectivity index (χ3v) is 4.24. The first-order valence-electron chi connectivity index (χ1n) is 7.97. The fourth-order valence-electron chi connectivity index (χ4n) is 2.20. The minimum Gasteiger partial charge on any atom is -0.328 e. The minimum atomic E-state index is -4.55. The Morgan fingerprint density at radius 3 is 2.56 bits per heavy atom. The Balaban J connectivity index is 2.16. The maximum atomic E-state index is 12.9. The van der Waals surface area contributed by atoms with E-state index in [0.29, 0.717) is 11.7 Å². The number of benzene rings is 1. The number of anilines is 1. The average molecular weight is 400 g/mol. The van der Waals surface area contributed by atoms with Crippen LogP contribution in [0, 0.1) is 0 Å². The number of alkyl halides is 3. The van der Waals surface area contributed by atoms with E-state index in [1.807, 2.05) is 4.90 Å². The standard InChI is InChI=1S/C17H19F3N4O2S/c1-23(2)7-8-24(11-14(25)22-16-21-6-9-27-16)15(26)12-4-3-5-13(10-12)17(18,19)20/h3-6,9-10H,7-8,11H2,1-2H3,(H,21,22,25). The van der Waals surface area contributed by atoms with Crippen LogP contribution in [-0.4, -0.2) is 60.3 Å². The fraction of sp³-hybridized carbons (Fsp3) is 0.353. The van der Waals surface area contributed by atoms with Crippen molar-refractivity contribution in [3.63, 3.8) is 0 Å². The highest BCUT2D eigenvalue weighted by Crippen LogP contribution is 2.29. The lowest BCUT2D eigenvalue weighted by Gasteiger charge is -2.24. The maximum Gasteiger partial charge on any atom is 0.416 e. The number of amides is 2. The first kappa shape index (κ1) is 20.8. The van der Waals surface area contributed by atoms with Gasteiger partial charge >= 0.3 is 6.18 Å². The number of hydrogen-bond donors (Lipinski definition) is 1. The molecule has 1 aromatic carbocycles. The number of rotatable bonds is 7. The number of carbonyl (C=O) groups is 2. The van der Waals surface area contributed by atoms with Crippen molar-refractivity contribution in [3.05, 3.63) is 47.0 Å². The lowest BCUT2D eigenvalue weighted by molar-refractivity contribution is -0.137. The number of aromatic nitrogens is 1. The third kappa shape index (κ3) is 6.33. The first-order valence-corrected chi connectivity index (χ1v) is 8.85. The SMILES string of the molecule is CN(C)CCN(CC(=O)Nc1nccs1)C(=O)c1cccc(C(F)(F)F)c1. The zero-order valence-electron chi connectivity index (χ0n) is 14.8. The van der Waals surface area contributed by atoms with E-state index in [2.05, 4.69) is 10.3 Å². The van der Waals surface area contributed by atoms with Crippen molar-refractivity contribution < 1.29 is 22.8 Å². The summed E-state index contributed by atoms with van der Waals surface area (Å²) in [4.78, 5) is 31.9. The van der Waals surface area contributed by atoms with Crippen LogP contribution in [0.4, 0.5) is 18.3 Å². The van der Waals surface area contributed by atoms with Crippen molar-refractivity contribution in [2.75, 3.05) is 39.0 Å². The normalized spacial score (nSPS) is 11.5. The van der Waals surface area contributed by atoms with Crippen LogP contribution in [-0.2, 0) is 11.0 Å². The highest BCUT2D eigenvalue weighted by molar-refractivity contribution is 7.13. The number of nitrogens with one attached hydrogen (secondary N) is 1. The third-order valence-electron chi connectivity index (χ3n) is 3.55. The van der Waals surface area contributed by atoms with E-state index in [1.165, 1.54) is 34.6 Å². The molecule has 0 spiro atoms. The second-order valence-corrected chi connectivity index (χ2v) is 6.89. The Hall–Kier alpha value is -2.46. The second kappa shape index (κ2) is 8.96. The molecular weight excluding hydrogens is 381 g/mol. The first-order chi connectivity index (χ1) is 12.7. The molecule has 0 aliphatic rings. The van der Waals surface area contributed by atoms with Crippen LogP contribution in [0.2, 0.25) is 0 Å². The molecular formula is C17H19F3N4O2S.